The van der Waals surface area contributed by atoms with Gasteiger partial charge in [0.1, 0.15) is 6.04 Å². The topological polar surface area (TPSA) is 87.2 Å². The van der Waals surface area contributed by atoms with Crippen molar-refractivity contribution in [2.24, 2.45) is 5.92 Å². The van der Waals surface area contributed by atoms with Crippen molar-refractivity contribution in [3.63, 3.8) is 0 Å². The first kappa shape index (κ1) is 19.9. The monoisotopic (exact) mass is 387 g/mol. The zero-order valence-electron chi connectivity index (χ0n) is 16.4. The van der Waals surface area contributed by atoms with Crippen LogP contribution in [-0.4, -0.2) is 77.3 Å². The molecule has 1 unspecified atom stereocenters. The van der Waals surface area contributed by atoms with E-state index in [1.54, 1.807) is 41.0 Å². The predicted molar refractivity (Wildman–Crippen MR) is 101 cm³/mol. The molecule has 2 aliphatic heterocycles. The van der Waals surface area contributed by atoms with Gasteiger partial charge in [0, 0.05) is 26.2 Å². The Labute approximate surface area is 164 Å². The molecule has 0 saturated carbocycles. The Morgan fingerprint density at radius 1 is 0.929 bits per heavy atom. The van der Waals surface area contributed by atoms with E-state index in [0.29, 0.717) is 43.9 Å². The van der Waals surface area contributed by atoms with Gasteiger partial charge in [-0.2, -0.15) is 0 Å². The van der Waals surface area contributed by atoms with Gasteiger partial charge in [-0.05, 0) is 25.0 Å². The number of piperazine rings is 1. The molecule has 0 aliphatic carbocycles. The van der Waals surface area contributed by atoms with Crippen LogP contribution >= 0.6 is 0 Å². The standard InChI is InChI=1S/C20H25N3O5/c1-13(2)12-28-20(27)22-10-8-21(9-11-22)17(24)14(3)23-18(25)15-6-4-5-7-16(15)19(23)26/h4-7,13-14H,8-12H2,1-3H3. The minimum Gasteiger partial charge on any atom is -0.449 e. The van der Waals surface area contributed by atoms with Crippen LogP contribution < -0.4 is 0 Å². The van der Waals surface area contributed by atoms with E-state index in [4.69, 9.17) is 4.74 Å². The summed E-state index contributed by atoms with van der Waals surface area (Å²) in [6, 6.07) is 5.67. The summed E-state index contributed by atoms with van der Waals surface area (Å²) in [5, 5.41) is 0. The van der Waals surface area contributed by atoms with Gasteiger partial charge in [-0.25, -0.2) is 4.79 Å². The smallest absolute Gasteiger partial charge is 0.409 e. The maximum Gasteiger partial charge on any atom is 0.409 e. The number of fused-ring (bicyclic) bond motifs is 1. The van der Waals surface area contributed by atoms with Crippen LogP contribution in [0.4, 0.5) is 4.79 Å². The summed E-state index contributed by atoms with van der Waals surface area (Å²) in [6.45, 7) is 7.23. The molecule has 2 heterocycles. The second-order valence-corrected chi connectivity index (χ2v) is 7.48. The van der Waals surface area contributed by atoms with Crippen molar-refractivity contribution < 1.29 is 23.9 Å². The van der Waals surface area contributed by atoms with Gasteiger partial charge >= 0.3 is 6.09 Å². The molecule has 8 nitrogen and oxygen atoms in total. The molecule has 1 atom stereocenters. The van der Waals surface area contributed by atoms with Crippen molar-refractivity contribution in [2.75, 3.05) is 32.8 Å². The number of ether oxygens (including phenoxy) is 1. The molecule has 0 bridgehead atoms. The van der Waals surface area contributed by atoms with Crippen molar-refractivity contribution in [1.29, 1.82) is 0 Å². The van der Waals surface area contributed by atoms with E-state index in [0.717, 1.165) is 4.90 Å². The Balaban J connectivity index is 1.59. The lowest BCUT2D eigenvalue weighted by Crippen LogP contribution is -2.56. The van der Waals surface area contributed by atoms with E-state index in [-0.39, 0.29) is 17.9 Å². The molecule has 1 aromatic carbocycles. The average Bonchev–Trinajstić information content (AvgIpc) is 2.96. The van der Waals surface area contributed by atoms with Crippen LogP contribution in [0, 0.1) is 5.92 Å². The van der Waals surface area contributed by atoms with Gasteiger partial charge in [0.25, 0.3) is 11.8 Å². The molecule has 0 spiro atoms. The van der Waals surface area contributed by atoms with Crippen LogP contribution in [0.2, 0.25) is 0 Å². The first-order chi connectivity index (χ1) is 13.3. The molecule has 1 saturated heterocycles. The number of carbonyl (C=O) groups excluding carboxylic acids is 4. The SMILES string of the molecule is CC(C)COC(=O)N1CCN(C(=O)C(C)N2C(=O)c3ccccc3C2=O)CC1. The summed E-state index contributed by atoms with van der Waals surface area (Å²) in [7, 11) is 0. The van der Waals surface area contributed by atoms with E-state index in [1.807, 2.05) is 13.8 Å². The van der Waals surface area contributed by atoms with Crippen LogP contribution in [0.3, 0.4) is 0 Å². The van der Waals surface area contributed by atoms with Crippen molar-refractivity contribution in [1.82, 2.24) is 14.7 Å². The second-order valence-electron chi connectivity index (χ2n) is 7.48. The van der Waals surface area contributed by atoms with Gasteiger partial charge in [0.15, 0.2) is 0 Å². The zero-order valence-corrected chi connectivity index (χ0v) is 16.4. The number of nitrogens with zero attached hydrogens (tertiary/aromatic N) is 3. The third-order valence-electron chi connectivity index (χ3n) is 4.96. The van der Waals surface area contributed by atoms with Gasteiger partial charge in [0.05, 0.1) is 17.7 Å². The number of amides is 4. The van der Waals surface area contributed by atoms with Crippen molar-refractivity contribution in [3.8, 4) is 0 Å². The molecule has 3 rings (SSSR count). The molecule has 1 fully saturated rings. The number of hydrogen-bond acceptors (Lipinski definition) is 5. The molecule has 1 aromatic rings. The number of rotatable bonds is 4. The van der Waals surface area contributed by atoms with Gasteiger partial charge in [0.2, 0.25) is 5.91 Å². The summed E-state index contributed by atoms with van der Waals surface area (Å²) in [6.07, 6.45) is -0.380. The number of benzene rings is 1. The minimum absolute atomic E-state index is 0.257. The summed E-state index contributed by atoms with van der Waals surface area (Å²) in [5.74, 6) is -0.938. The van der Waals surface area contributed by atoms with E-state index in [9.17, 15) is 19.2 Å². The van der Waals surface area contributed by atoms with Gasteiger partial charge < -0.3 is 14.5 Å². The van der Waals surface area contributed by atoms with Crippen LogP contribution in [0.5, 0.6) is 0 Å². The number of hydrogen-bond donors (Lipinski definition) is 0. The summed E-state index contributed by atoms with van der Waals surface area (Å²) in [5.41, 5.74) is 0.648. The fourth-order valence-corrected chi connectivity index (χ4v) is 3.37. The normalized spacial score (nSPS) is 17.8. The molecule has 8 heteroatoms. The highest BCUT2D eigenvalue weighted by molar-refractivity contribution is 6.22. The Morgan fingerprint density at radius 2 is 1.43 bits per heavy atom. The summed E-state index contributed by atoms with van der Waals surface area (Å²) in [4.78, 5) is 54.2. The fourth-order valence-electron chi connectivity index (χ4n) is 3.37. The highest BCUT2D eigenvalue weighted by Gasteiger charge is 2.42. The Morgan fingerprint density at radius 3 is 1.93 bits per heavy atom. The second kappa shape index (κ2) is 8.00. The van der Waals surface area contributed by atoms with E-state index < -0.39 is 17.9 Å². The van der Waals surface area contributed by atoms with Crippen molar-refractivity contribution in [3.05, 3.63) is 35.4 Å². The molecular weight excluding hydrogens is 362 g/mol. The molecular formula is C20H25N3O5. The highest BCUT2D eigenvalue weighted by atomic mass is 16.6. The third kappa shape index (κ3) is 3.72. The van der Waals surface area contributed by atoms with Crippen molar-refractivity contribution >= 4 is 23.8 Å². The van der Waals surface area contributed by atoms with E-state index in [1.165, 1.54) is 0 Å². The predicted octanol–water partition coefficient (Wildman–Crippen LogP) is 1.61. The largest absolute Gasteiger partial charge is 0.449 e. The minimum atomic E-state index is -0.896. The zero-order chi connectivity index (χ0) is 20.4. The quantitative estimate of drug-likeness (QED) is 0.733. The van der Waals surface area contributed by atoms with Crippen molar-refractivity contribution in [2.45, 2.75) is 26.8 Å². The first-order valence-electron chi connectivity index (χ1n) is 9.48. The average molecular weight is 387 g/mol. The van der Waals surface area contributed by atoms with Crippen LogP contribution in [0.1, 0.15) is 41.5 Å². The number of carbonyl (C=O) groups is 4. The Bertz CT molecular complexity index is 764. The van der Waals surface area contributed by atoms with Crippen LogP contribution in [0.15, 0.2) is 24.3 Å². The summed E-state index contributed by atoms with van der Waals surface area (Å²) < 4.78 is 5.22. The van der Waals surface area contributed by atoms with Gasteiger partial charge in [-0.1, -0.05) is 26.0 Å². The number of imide groups is 1. The molecule has 28 heavy (non-hydrogen) atoms. The lowest BCUT2D eigenvalue weighted by atomic mass is 10.1. The van der Waals surface area contributed by atoms with Crippen LogP contribution in [-0.2, 0) is 9.53 Å². The molecule has 0 aromatic heterocycles. The maximum atomic E-state index is 12.9. The highest BCUT2D eigenvalue weighted by Crippen LogP contribution is 2.25. The van der Waals surface area contributed by atoms with E-state index in [2.05, 4.69) is 0 Å². The molecule has 0 N–H and O–H groups in total. The third-order valence-corrected chi connectivity index (χ3v) is 4.96. The van der Waals surface area contributed by atoms with Crippen LogP contribution in [0.25, 0.3) is 0 Å². The molecule has 0 radical (unpaired) electrons. The van der Waals surface area contributed by atoms with Gasteiger partial charge in [-0.15, -0.1) is 0 Å². The van der Waals surface area contributed by atoms with E-state index >= 15 is 0 Å². The lowest BCUT2D eigenvalue weighted by molar-refractivity contribution is -0.136. The first-order valence-corrected chi connectivity index (χ1v) is 9.48. The molecule has 4 amide bonds. The summed E-state index contributed by atoms with van der Waals surface area (Å²) >= 11 is 0. The fraction of sp³-hybridized carbons (Fsp3) is 0.500. The lowest BCUT2D eigenvalue weighted by Gasteiger charge is -2.36. The molecule has 150 valence electrons. The molecule has 2 aliphatic rings. The van der Waals surface area contributed by atoms with Gasteiger partial charge in [-0.3, -0.25) is 19.3 Å². The Hall–Kier alpha value is -2.90. The Kier molecular flexibility index (Phi) is 5.67. The maximum absolute atomic E-state index is 12.9.